The molecule has 0 bridgehead atoms. The summed E-state index contributed by atoms with van der Waals surface area (Å²) in [6, 6.07) is 2.99. The Kier molecular flexibility index (Phi) is 6.24. The highest BCUT2D eigenvalue weighted by Gasteiger charge is 2.56. The number of halogens is 1. The number of carbonyl (C=O) groups is 3. The molecule has 2 saturated heterocycles. The van der Waals surface area contributed by atoms with E-state index in [2.05, 4.69) is 0 Å². The standard InChI is InChI=1S/C20H27N3O5.ClH/c1-14(23-12-15-4-2-6-20(15,13-23)19(26)27)17(24)21-7-9-22(10-8-21)18(25)16-5-3-11-28-16;/h3,5,11,14-15H,2,4,6-10,12-13H2,1H3,(H,26,27);1H/t14?,15-,20+;/m0./s1. The number of furan rings is 1. The minimum atomic E-state index is -0.720. The molecular formula is C20H28ClN3O5. The van der Waals surface area contributed by atoms with Gasteiger partial charge in [-0.1, -0.05) is 6.42 Å². The molecule has 2 aliphatic heterocycles. The number of aliphatic carboxylic acids is 1. The van der Waals surface area contributed by atoms with Gasteiger partial charge in [-0.3, -0.25) is 19.3 Å². The number of carboxylic acid groups (broad SMARTS) is 1. The molecule has 9 heteroatoms. The third-order valence-electron chi connectivity index (χ3n) is 6.84. The number of piperazine rings is 1. The number of hydrogen-bond donors (Lipinski definition) is 1. The van der Waals surface area contributed by atoms with E-state index in [9.17, 15) is 19.5 Å². The third-order valence-corrected chi connectivity index (χ3v) is 6.84. The van der Waals surface area contributed by atoms with E-state index in [4.69, 9.17) is 4.42 Å². The van der Waals surface area contributed by atoms with Crippen LogP contribution in [0.15, 0.2) is 22.8 Å². The van der Waals surface area contributed by atoms with Gasteiger partial charge in [0, 0.05) is 39.3 Å². The zero-order valence-electron chi connectivity index (χ0n) is 16.6. The highest BCUT2D eigenvalue weighted by Crippen LogP contribution is 2.49. The van der Waals surface area contributed by atoms with E-state index in [1.54, 1.807) is 21.9 Å². The van der Waals surface area contributed by atoms with Gasteiger partial charge in [0.1, 0.15) is 0 Å². The van der Waals surface area contributed by atoms with Crippen LogP contribution >= 0.6 is 12.4 Å². The fourth-order valence-electron chi connectivity index (χ4n) is 5.08. The van der Waals surface area contributed by atoms with Crippen LogP contribution in [0.25, 0.3) is 0 Å². The Morgan fingerprint density at radius 2 is 1.90 bits per heavy atom. The molecule has 2 amide bonds. The summed E-state index contributed by atoms with van der Waals surface area (Å²) in [5.41, 5.74) is -0.678. The fourth-order valence-corrected chi connectivity index (χ4v) is 5.08. The van der Waals surface area contributed by atoms with Crippen molar-refractivity contribution in [3.8, 4) is 0 Å². The predicted octanol–water partition coefficient (Wildman–Crippen LogP) is 1.56. The molecule has 1 unspecified atom stereocenters. The molecule has 8 nitrogen and oxygen atoms in total. The largest absolute Gasteiger partial charge is 0.481 e. The highest BCUT2D eigenvalue weighted by atomic mass is 35.5. The zero-order chi connectivity index (χ0) is 19.9. The van der Waals surface area contributed by atoms with Crippen LogP contribution in [0.3, 0.4) is 0 Å². The van der Waals surface area contributed by atoms with Crippen molar-refractivity contribution in [2.75, 3.05) is 39.3 Å². The first kappa shape index (κ1) is 21.6. The number of likely N-dealkylation sites (tertiary alicyclic amines) is 1. The second-order valence-corrected chi connectivity index (χ2v) is 8.25. The van der Waals surface area contributed by atoms with Gasteiger partial charge in [-0.25, -0.2) is 0 Å². The first-order valence-electron chi connectivity index (χ1n) is 10.0. The summed E-state index contributed by atoms with van der Waals surface area (Å²) in [4.78, 5) is 42.8. The van der Waals surface area contributed by atoms with Crippen LogP contribution < -0.4 is 0 Å². The number of amides is 2. The summed E-state index contributed by atoms with van der Waals surface area (Å²) in [6.45, 7) is 4.92. The van der Waals surface area contributed by atoms with Crippen molar-refractivity contribution < 1.29 is 23.9 Å². The van der Waals surface area contributed by atoms with E-state index in [0.29, 0.717) is 51.4 Å². The van der Waals surface area contributed by atoms with E-state index >= 15 is 0 Å². The van der Waals surface area contributed by atoms with Crippen LogP contribution in [0.5, 0.6) is 0 Å². The maximum atomic E-state index is 13.0. The minimum Gasteiger partial charge on any atom is -0.481 e. The minimum absolute atomic E-state index is 0. The molecule has 160 valence electrons. The molecule has 1 N–H and O–H groups in total. The summed E-state index contributed by atoms with van der Waals surface area (Å²) in [6.07, 6.45) is 4.07. The molecule has 1 saturated carbocycles. The lowest BCUT2D eigenvalue weighted by Gasteiger charge is -2.37. The molecule has 3 fully saturated rings. The highest BCUT2D eigenvalue weighted by molar-refractivity contribution is 5.91. The molecule has 4 rings (SSSR count). The summed E-state index contributed by atoms with van der Waals surface area (Å²) in [5.74, 6) is -0.396. The third kappa shape index (κ3) is 3.75. The molecule has 3 heterocycles. The Bertz CT molecular complexity index is 762. The number of rotatable bonds is 4. The van der Waals surface area contributed by atoms with Crippen LogP contribution in [-0.4, -0.2) is 82.9 Å². The second kappa shape index (κ2) is 8.36. The van der Waals surface area contributed by atoms with Crippen molar-refractivity contribution in [2.45, 2.75) is 32.2 Å². The van der Waals surface area contributed by atoms with Crippen LogP contribution in [0.4, 0.5) is 0 Å². The van der Waals surface area contributed by atoms with E-state index in [1.165, 1.54) is 6.26 Å². The molecule has 0 spiro atoms. The Hall–Kier alpha value is -2.06. The van der Waals surface area contributed by atoms with Crippen molar-refractivity contribution in [1.82, 2.24) is 14.7 Å². The molecule has 0 radical (unpaired) electrons. The molecule has 0 aromatic carbocycles. The van der Waals surface area contributed by atoms with Gasteiger partial charge in [-0.2, -0.15) is 0 Å². The van der Waals surface area contributed by atoms with Crippen molar-refractivity contribution >= 4 is 30.2 Å². The topological polar surface area (TPSA) is 94.3 Å². The number of hydrogen-bond acceptors (Lipinski definition) is 5. The SMILES string of the molecule is CC(C(=O)N1CCN(C(=O)c2ccco2)CC1)N1C[C@@H]2CCC[C@@]2(C(=O)O)C1.Cl. The Morgan fingerprint density at radius 3 is 2.48 bits per heavy atom. The smallest absolute Gasteiger partial charge is 0.311 e. The van der Waals surface area contributed by atoms with Gasteiger partial charge in [0.05, 0.1) is 17.7 Å². The number of carboxylic acids is 1. The number of carbonyl (C=O) groups excluding carboxylic acids is 2. The molecule has 29 heavy (non-hydrogen) atoms. The van der Waals surface area contributed by atoms with Crippen molar-refractivity contribution in [1.29, 1.82) is 0 Å². The molecule has 3 atom stereocenters. The van der Waals surface area contributed by atoms with Gasteiger partial charge in [0.2, 0.25) is 5.91 Å². The van der Waals surface area contributed by atoms with Crippen LogP contribution in [0.1, 0.15) is 36.7 Å². The Morgan fingerprint density at radius 1 is 1.21 bits per heavy atom. The van der Waals surface area contributed by atoms with E-state index < -0.39 is 11.4 Å². The number of nitrogens with zero attached hydrogens (tertiary/aromatic N) is 3. The van der Waals surface area contributed by atoms with Gasteiger partial charge in [-0.15, -0.1) is 12.4 Å². The first-order chi connectivity index (χ1) is 13.4. The van der Waals surface area contributed by atoms with E-state index in [0.717, 1.165) is 12.8 Å². The lowest BCUT2D eigenvalue weighted by atomic mass is 9.81. The van der Waals surface area contributed by atoms with Gasteiger partial charge in [0.25, 0.3) is 5.91 Å². The van der Waals surface area contributed by atoms with Crippen molar-refractivity contribution in [3.05, 3.63) is 24.2 Å². The van der Waals surface area contributed by atoms with E-state index in [1.807, 2.05) is 11.8 Å². The van der Waals surface area contributed by atoms with Crippen LogP contribution in [-0.2, 0) is 9.59 Å². The van der Waals surface area contributed by atoms with Crippen molar-refractivity contribution in [2.24, 2.45) is 11.3 Å². The Balaban J connectivity index is 0.00000240. The predicted molar refractivity (Wildman–Crippen MR) is 107 cm³/mol. The van der Waals surface area contributed by atoms with Crippen LogP contribution in [0, 0.1) is 11.3 Å². The van der Waals surface area contributed by atoms with Gasteiger partial charge in [0.15, 0.2) is 5.76 Å². The monoisotopic (exact) mass is 425 g/mol. The van der Waals surface area contributed by atoms with E-state index in [-0.39, 0.29) is 36.2 Å². The molecule has 1 aromatic rings. The molecule has 3 aliphatic rings. The summed E-state index contributed by atoms with van der Waals surface area (Å²) in [7, 11) is 0. The maximum Gasteiger partial charge on any atom is 0.311 e. The molecule has 1 aliphatic carbocycles. The Labute approximate surface area is 176 Å². The lowest BCUT2D eigenvalue weighted by Crippen LogP contribution is -2.55. The van der Waals surface area contributed by atoms with Crippen LogP contribution in [0.2, 0.25) is 0 Å². The first-order valence-corrected chi connectivity index (χ1v) is 10.0. The van der Waals surface area contributed by atoms with Crippen molar-refractivity contribution in [3.63, 3.8) is 0 Å². The molecular weight excluding hydrogens is 398 g/mol. The molecule has 1 aromatic heterocycles. The number of fused-ring (bicyclic) bond motifs is 1. The van der Waals surface area contributed by atoms with Gasteiger partial charge in [-0.05, 0) is 37.8 Å². The zero-order valence-corrected chi connectivity index (χ0v) is 17.4. The average molecular weight is 426 g/mol. The summed E-state index contributed by atoms with van der Waals surface area (Å²) < 4.78 is 5.17. The second-order valence-electron chi connectivity index (χ2n) is 8.25. The normalized spacial score (nSPS) is 28.0. The summed E-state index contributed by atoms with van der Waals surface area (Å²) >= 11 is 0. The maximum absolute atomic E-state index is 13.0. The quantitative estimate of drug-likeness (QED) is 0.786. The lowest BCUT2D eigenvalue weighted by molar-refractivity contribution is -0.150. The van der Waals surface area contributed by atoms with Gasteiger partial charge < -0.3 is 19.3 Å². The van der Waals surface area contributed by atoms with Gasteiger partial charge >= 0.3 is 5.97 Å². The average Bonchev–Trinajstić information content (AvgIpc) is 3.42. The summed E-state index contributed by atoms with van der Waals surface area (Å²) in [5, 5.41) is 9.75. The fraction of sp³-hybridized carbons (Fsp3) is 0.650.